The number of amides is 1. The number of hydrogen-bond acceptors (Lipinski definition) is 5. The topological polar surface area (TPSA) is 77.4 Å². The lowest BCUT2D eigenvalue weighted by Gasteiger charge is -2.30. The third-order valence-corrected chi connectivity index (χ3v) is 6.54. The number of likely N-dealkylation sites (tertiary alicyclic amines) is 1. The highest BCUT2D eigenvalue weighted by atomic mass is 19.1. The number of nitrogens with one attached hydrogen (secondary N) is 2. The van der Waals surface area contributed by atoms with Crippen LogP contribution in [0.2, 0.25) is 0 Å². The molecule has 0 spiro atoms. The Kier molecular flexibility index (Phi) is 10.3. The third kappa shape index (κ3) is 8.88. The summed E-state index contributed by atoms with van der Waals surface area (Å²) in [7, 11) is 2.15. The van der Waals surface area contributed by atoms with E-state index in [2.05, 4.69) is 53.8 Å². The molecule has 6 nitrogen and oxygen atoms in total. The van der Waals surface area contributed by atoms with Gasteiger partial charge < -0.3 is 20.3 Å². The van der Waals surface area contributed by atoms with Crippen LogP contribution in [0.1, 0.15) is 64.5 Å². The molecule has 0 aromatic heterocycles. The van der Waals surface area contributed by atoms with E-state index in [1.165, 1.54) is 6.07 Å². The van der Waals surface area contributed by atoms with Crippen LogP contribution in [0, 0.1) is 17.1 Å². The molecular weight excluding hydrogens is 479 g/mol. The quantitative estimate of drug-likeness (QED) is 0.381. The van der Waals surface area contributed by atoms with Gasteiger partial charge in [-0.2, -0.15) is 5.26 Å². The van der Waals surface area contributed by atoms with Crippen molar-refractivity contribution in [2.45, 2.75) is 77.5 Å². The fraction of sp³-hybridized carbons (Fsp3) is 0.484. The Morgan fingerprint density at radius 2 is 1.89 bits per heavy atom. The third-order valence-electron chi connectivity index (χ3n) is 6.54. The van der Waals surface area contributed by atoms with Crippen molar-refractivity contribution >= 4 is 17.9 Å². The molecule has 0 bridgehead atoms. The molecule has 1 amide bonds. The van der Waals surface area contributed by atoms with Gasteiger partial charge in [-0.1, -0.05) is 49.8 Å². The Balaban J connectivity index is 1.79. The molecule has 3 rings (SSSR count). The zero-order chi connectivity index (χ0) is 27.7. The molecule has 0 aliphatic carbocycles. The van der Waals surface area contributed by atoms with Crippen molar-refractivity contribution in [3.05, 3.63) is 59.4 Å². The summed E-state index contributed by atoms with van der Waals surface area (Å²) < 4.78 is 20.4. The normalized spacial score (nSPS) is 15.7. The van der Waals surface area contributed by atoms with Gasteiger partial charge in [0.2, 0.25) is 0 Å². The maximum absolute atomic E-state index is 15.2. The number of piperidine rings is 1. The molecular formula is C31H41FN4O2. The maximum Gasteiger partial charge on any atom is 0.408 e. The second-order valence-corrected chi connectivity index (χ2v) is 11.1. The number of carbonyl (C=O) groups is 1. The van der Waals surface area contributed by atoms with E-state index in [1.54, 1.807) is 26.8 Å². The summed E-state index contributed by atoms with van der Waals surface area (Å²) in [5, 5.41) is 15.7. The lowest BCUT2D eigenvalue weighted by Crippen LogP contribution is -2.39. The molecule has 2 aromatic carbocycles. The van der Waals surface area contributed by atoms with E-state index in [0.717, 1.165) is 61.2 Å². The lowest BCUT2D eigenvalue weighted by molar-refractivity contribution is 0.0515. The minimum atomic E-state index is -0.898. The number of allylic oxidation sites excluding steroid dienone is 1. The Morgan fingerprint density at radius 1 is 1.21 bits per heavy atom. The number of halogens is 1. The summed E-state index contributed by atoms with van der Waals surface area (Å²) in [6.45, 7) is 9.53. The van der Waals surface area contributed by atoms with E-state index in [0.29, 0.717) is 11.6 Å². The first-order valence-electron chi connectivity index (χ1n) is 13.5. The molecule has 7 heteroatoms. The van der Waals surface area contributed by atoms with E-state index in [-0.39, 0.29) is 6.42 Å². The second kappa shape index (κ2) is 13.4. The van der Waals surface area contributed by atoms with Crippen LogP contribution in [0.4, 0.5) is 14.9 Å². The monoisotopic (exact) mass is 520 g/mol. The van der Waals surface area contributed by atoms with Gasteiger partial charge in [-0.25, -0.2) is 9.18 Å². The molecule has 0 unspecified atom stereocenters. The van der Waals surface area contributed by atoms with Crippen LogP contribution in [-0.4, -0.2) is 48.8 Å². The zero-order valence-corrected chi connectivity index (χ0v) is 23.3. The number of hydrogen-bond donors (Lipinski definition) is 2. The number of nitrogens with zero attached hydrogens (tertiary/aromatic N) is 2. The van der Waals surface area contributed by atoms with Crippen LogP contribution < -0.4 is 10.6 Å². The summed E-state index contributed by atoms with van der Waals surface area (Å²) in [5.74, 6) is -0.412. The van der Waals surface area contributed by atoms with Crippen molar-refractivity contribution in [1.29, 1.82) is 5.26 Å². The smallest absolute Gasteiger partial charge is 0.408 e. The first-order valence-corrected chi connectivity index (χ1v) is 13.5. The number of carbonyl (C=O) groups excluding carboxylic acids is 1. The average Bonchev–Trinajstić information content (AvgIpc) is 2.86. The number of rotatable bonds is 9. The maximum atomic E-state index is 15.2. The molecule has 2 aromatic rings. The number of unbranched alkanes of at least 4 members (excludes halogenated alkanes) is 1. The second-order valence-electron chi connectivity index (χ2n) is 11.1. The van der Waals surface area contributed by atoms with Gasteiger partial charge in [0.1, 0.15) is 17.5 Å². The van der Waals surface area contributed by atoms with E-state index < -0.39 is 23.6 Å². The summed E-state index contributed by atoms with van der Waals surface area (Å²) in [5.41, 5.74) is 3.54. The highest BCUT2D eigenvalue weighted by Gasteiger charge is 2.21. The molecule has 204 valence electrons. The van der Waals surface area contributed by atoms with Gasteiger partial charge in [-0.3, -0.25) is 0 Å². The van der Waals surface area contributed by atoms with Gasteiger partial charge in [0, 0.05) is 18.2 Å². The number of anilines is 1. The van der Waals surface area contributed by atoms with E-state index in [4.69, 9.17) is 4.74 Å². The molecule has 2 N–H and O–H groups in total. The fourth-order valence-corrected chi connectivity index (χ4v) is 4.45. The molecule has 0 radical (unpaired) electrons. The van der Waals surface area contributed by atoms with Crippen molar-refractivity contribution in [2.24, 2.45) is 0 Å². The minimum absolute atomic E-state index is 0.0476. The van der Waals surface area contributed by atoms with Crippen LogP contribution in [0.25, 0.3) is 17.2 Å². The Bertz CT molecular complexity index is 1160. The molecule has 0 saturated carbocycles. The zero-order valence-electron chi connectivity index (χ0n) is 23.3. The van der Waals surface area contributed by atoms with Crippen LogP contribution in [0.5, 0.6) is 0 Å². The predicted octanol–water partition coefficient (Wildman–Crippen LogP) is 6.77. The van der Waals surface area contributed by atoms with Crippen molar-refractivity contribution in [1.82, 2.24) is 10.2 Å². The molecule has 1 saturated heterocycles. The van der Waals surface area contributed by atoms with Gasteiger partial charge in [0.25, 0.3) is 0 Å². The first kappa shape index (κ1) is 29.2. The molecule has 1 fully saturated rings. The van der Waals surface area contributed by atoms with Gasteiger partial charge in [-0.15, -0.1) is 0 Å². The highest BCUT2D eigenvalue weighted by Crippen LogP contribution is 2.30. The largest absolute Gasteiger partial charge is 0.444 e. The van der Waals surface area contributed by atoms with Crippen molar-refractivity contribution in [2.75, 3.05) is 25.5 Å². The summed E-state index contributed by atoms with van der Waals surface area (Å²) >= 11 is 0. The van der Waals surface area contributed by atoms with Gasteiger partial charge in [0.05, 0.1) is 6.07 Å². The first-order chi connectivity index (χ1) is 18.1. The van der Waals surface area contributed by atoms with E-state index >= 15 is 4.39 Å². The van der Waals surface area contributed by atoms with E-state index in [1.807, 2.05) is 18.2 Å². The number of alkyl carbamates (subject to hydrolysis) is 1. The van der Waals surface area contributed by atoms with Crippen molar-refractivity contribution in [3.63, 3.8) is 0 Å². The van der Waals surface area contributed by atoms with Crippen LogP contribution in [-0.2, 0) is 11.2 Å². The van der Waals surface area contributed by atoms with Gasteiger partial charge in [-0.05, 0) is 94.6 Å². The summed E-state index contributed by atoms with van der Waals surface area (Å²) in [4.78, 5) is 14.4. The Labute approximate surface area is 226 Å². The Morgan fingerprint density at radius 3 is 2.53 bits per heavy atom. The summed E-state index contributed by atoms with van der Waals surface area (Å²) in [6.07, 6.45) is 7.99. The standard InChI is InChI=1S/C31H41FN4O2/c1-6-7-8-9-22-10-11-24(20-29(22)34-26-14-16-36(5)17-15-26)23-12-13-25(28(32)19-23)18-27(21-33)35-30(37)38-31(2,3)4/h8-13,19-20,26-27,34H,6-7,14-18H2,1-5H3,(H,35,37)/b9-8-/t27-/m0/s1. The summed E-state index contributed by atoms with van der Waals surface area (Å²) in [6, 6.07) is 12.8. The molecule has 1 aliphatic heterocycles. The van der Waals surface area contributed by atoms with E-state index in [9.17, 15) is 10.1 Å². The van der Waals surface area contributed by atoms with Gasteiger partial charge >= 0.3 is 6.09 Å². The number of benzene rings is 2. The molecule has 1 aliphatic rings. The van der Waals surface area contributed by atoms with Gasteiger partial charge in [0.15, 0.2) is 0 Å². The van der Waals surface area contributed by atoms with Crippen LogP contribution in [0.3, 0.4) is 0 Å². The minimum Gasteiger partial charge on any atom is -0.444 e. The highest BCUT2D eigenvalue weighted by molar-refractivity contribution is 5.76. The predicted molar refractivity (Wildman–Crippen MR) is 152 cm³/mol. The SMILES string of the molecule is CCC/C=C\c1ccc(-c2ccc(C[C@@H](C#N)NC(=O)OC(C)(C)C)c(F)c2)cc1NC1CCN(C)CC1. The van der Waals surface area contributed by atoms with Crippen molar-refractivity contribution < 1.29 is 13.9 Å². The number of nitriles is 1. The van der Waals surface area contributed by atoms with Crippen LogP contribution >= 0.6 is 0 Å². The fourth-order valence-electron chi connectivity index (χ4n) is 4.45. The molecule has 38 heavy (non-hydrogen) atoms. The lowest BCUT2D eigenvalue weighted by atomic mass is 9.97. The average molecular weight is 521 g/mol. The molecule has 1 atom stereocenters. The molecule has 1 heterocycles. The Hall–Kier alpha value is -3.37. The van der Waals surface area contributed by atoms with Crippen molar-refractivity contribution in [3.8, 4) is 17.2 Å². The number of ether oxygens (including phenoxy) is 1. The van der Waals surface area contributed by atoms with Crippen LogP contribution in [0.15, 0.2) is 42.5 Å².